The highest BCUT2D eigenvalue weighted by Crippen LogP contribution is 2.20. The minimum absolute atomic E-state index is 0.0214. The molecule has 2 aromatic rings. The Morgan fingerprint density at radius 3 is 2.55 bits per heavy atom. The third-order valence-corrected chi connectivity index (χ3v) is 2.47. The Bertz CT molecular complexity index is 675. The first-order valence-electron chi connectivity index (χ1n) is 6.34. The molecule has 3 amide bonds. The summed E-state index contributed by atoms with van der Waals surface area (Å²) in [4.78, 5) is 30.0. The SMILES string of the molecule is CC(=O)Nc1ncc(NC(=O)N[CH]c2ccccc2)c(O)n1. The topological polar surface area (TPSA) is 116 Å². The van der Waals surface area contributed by atoms with Gasteiger partial charge in [-0.1, -0.05) is 30.3 Å². The van der Waals surface area contributed by atoms with E-state index in [1.54, 1.807) is 0 Å². The summed E-state index contributed by atoms with van der Waals surface area (Å²) in [5, 5.41) is 16.9. The quantitative estimate of drug-likeness (QED) is 0.682. The van der Waals surface area contributed by atoms with Crippen molar-refractivity contribution >= 4 is 23.6 Å². The van der Waals surface area contributed by atoms with Gasteiger partial charge >= 0.3 is 6.03 Å². The molecule has 0 fully saturated rings. The van der Waals surface area contributed by atoms with Gasteiger partial charge in [0, 0.05) is 6.92 Å². The number of benzene rings is 1. The molecule has 113 valence electrons. The number of urea groups is 1. The summed E-state index contributed by atoms with van der Waals surface area (Å²) in [6, 6.07) is 8.63. The summed E-state index contributed by atoms with van der Waals surface area (Å²) in [5.41, 5.74) is 0.840. The highest BCUT2D eigenvalue weighted by atomic mass is 16.3. The zero-order chi connectivity index (χ0) is 15.9. The lowest BCUT2D eigenvalue weighted by Gasteiger charge is -2.08. The molecular weight excluding hydrogens is 286 g/mol. The van der Waals surface area contributed by atoms with Gasteiger partial charge in [0.05, 0.1) is 12.7 Å². The van der Waals surface area contributed by atoms with Crippen LogP contribution >= 0.6 is 0 Å². The average Bonchev–Trinajstić information content (AvgIpc) is 2.48. The van der Waals surface area contributed by atoms with Crippen molar-refractivity contribution in [2.75, 3.05) is 10.6 Å². The minimum atomic E-state index is -0.560. The molecular formula is C14H14N5O3. The first-order chi connectivity index (χ1) is 10.5. The van der Waals surface area contributed by atoms with E-state index in [1.807, 2.05) is 30.3 Å². The number of aromatic hydroxyl groups is 1. The fraction of sp³-hybridized carbons (Fsp3) is 0.0714. The van der Waals surface area contributed by atoms with E-state index in [9.17, 15) is 14.7 Å². The molecule has 0 unspecified atom stereocenters. The van der Waals surface area contributed by atoms with Crippen LogP contribution in [-0.2, 0) is 4.79 Å². The van der Waals surface area contributed by atoms with E-state index in [0.29, 0.717) is 0 Å². The van der Waals surface area contributed by atoms with Crippen LogP contribution in [0.3, 0.4) is 0 Å². The molecule has 1 aromatic carbocycles. The van der Waals surface area contributed by atoms with Crippen LogP contribution in [0.2, 0.25) is 0 Å². The second kappa shape index (κ2) is 7.02. The molecule has 0 aliphatic rings. The molecule has 1 heterocycles. The molecule has 8 heteroatoms. The van der Waals surface area contributed by atoms with E-state index in [-0.39, 0.29) is 17.5 Å². The van der Waals surface area contributed by atoms with Gasteiger partial charge in [0.25, 0.3) is 0 Å². The van der Waals surface area contributed by atoms with Crippen LogP contribution in [-0.4, -0.2) is 27.0 Å². The summed E-state index contributed by atoms with van der Waals surface area (Å²) in [6.07, 6.45) is 1.19. The number of anilines is 2. The normalized spacial score (nSPS) is 9.86. The molecule has 0 spiro atoms. The molecule has 8 nitrogen and oxygen atoms in total. The first kappa shape index (κ1) is 15.2. The number of rotatable bonds is 4. The maximum absolute atomic E-state index is 11.7. The van der Waals surface area contributed by atoms with E-state index in [2.05, 4.69) is 25.9 Å². The Hall–Kier alpha value is -3.16. The van der Waals surface area contributed by atoms with Crippen LogP contribution < -0.4 is 16.0 Å². The van der Waals surface area contributed by atoms with Crippen LogP contribution in [0, 0.1) is 6.54 Å². The molecule has 1 radical (unpaired) electrons. The number of nitrogens with zero attached hydrogens (tertiary/aromatic N) is 2. The largest absolute Gasteiger partial charge is 0.492 e. The molecule has 0 saturated carbocycles. The Labute approximate surface area is 126 Å². The Balaban J connectivity index is 1.92. The van der Waals surface area contributed by atoms with Gasteiger partial charge in [0.15, 0.2) is 0 Å². The van der Waals surface area contributed by atoms with E-state index in [1.165, 1.54) is 19.7 Å². The number of aromatic nitrogens is 2. The van der Waals surface area contributed by atoms with Crippen LogP contribution in [0.1, 0.15) is 12.5 Å². The Kier molecular flexibility index (Phi) is 4.86. The van der Waals surface area contributed by atoms with Crippen LogP contribution in [0.4, 0.5) is 16.4 Å². The average molecular weight is 300 g/mol. The van der Waals surface area contributed by atoms with Crippen molar-refractivity contribution in [3.8, 4) is 5.88 Å². The summed E-state index contributed by atoms with van der Waals surface area (Å²) in [7, 11) is 0. The van der Waals surface area contributed by atoms with Crippen molar-refractivity contribution in [2.45, 2.75) is 6.92 Å². The fourth-order valence-electron chi connectivity index (χ4n) is 1.54. The van der Waals surface area contributed by atoms with E-state index < -0.39 is 11.9 Å². The number of amides is 3. The van der Waals surface area contributed by atoms with Gasteiger partial charge in [0.1, 0.15) is 5.69 Å². The Morgan fingerprint density at radius 1 is 1.18 bits per heavy atom. The van der Waals surface area contributed by atoms with Crippen molar-refractivity contribution in [3.05, 3.63) is 48.6 Å². The molecule has 0 aliphatic heterocycles. The first-order valence-corrected chi connectivity index (χ1v) is 6.34. The second-order valence-corrected chi connectivity index (χ2v) is 4.27. The van der Waals surface area contributed by atoms with Crippen LogP contribution in [0.25, 0.3) is 0 Å². The lowest BCUT2D eigenvalue weighted by Crippen LogP contribution is -2.27. The molecule has 0 saturated heterocycles. The Morgan fingerprint density at radius 2 is 1.91 bits per heavy atom. The fourth-order valence-corrected chi connectivity index (χ4v) is 1.54. The van der Waals surface area contributed by atoms with Crippen LogP contribution in [0.15, 0.2) is 36.5 Å². The maximum atomic E-state index is 11.7. The third-order valence-electron chi connectivity index (χ3n) is 2.47. The predicted octanol–water partition coefficient (Wildman–Crippen LogP) is 1.47. The van der Waals surface area contributed by atoms with E-state index >= 15 is 0 Å². The van der Waals surface area contributed by atoms with Gasteiger partial charge in [-0.25, -0.2) is 9.78 Å². The standard InChI is InChI=1S/C14H14N5O3/c1-9(20)17-13-15-8-11(12(21)19-13)18-14(22)16-7-10-5-3-2-4-6-10/h2-8H,1H3,(H2,16,18,22)(H2,15,17,19,20,21). The molecule has 2 rings (SSSR count). The highest BCUT2D eigenvalue weighted by Gasteiger charge is 2.10. The number of hydrogen-bond acceptors (Lipinski definition) is 5. The smallest absolute Gasteiger partial charge is 0.320 e. The van der Waals surface area contributed by atoms with Gasteiger partial charge in [-0.15, -0.1) is 0 Å². The summed E-state index contributed by atoms with van der Waals surface area (Å²) in [5.74, 6) is -0.865. The van der Waals surface area contributed by atoms with Crippen molar-refractivity contribution in [3.63, 3.8) is 0 Å². The van der Waals surface area contributed by atoms with E-state index in [0.717, 1.165) is 5.56 Å². The number of carbonyl (C=O) groups is 2. The van der Waals surface area contributed by atoms with Crippen LogP contribution in [0.5, 0.6) is 5.88 Å². The zero-order valence-corrected chi connectivity index (χ0v) is 11.7. The van der Waals surface area contributed by atoms with Crippen molar-refractivity contribution in [1.29, 1.82) is 0 Å². The van der Waals surface area contributed by atoms with Crippen molar-refractivity contribution in [1.82, 2.24) is 15.3 Å². The lowest BCUT2D eigenvalue weighted by atomic mass is 10.2. The molecule has 0 bridgehead atoms. The summed E-state index contributed by atoms with van der Waals surface area (Å²) < 4.78 is 0. The summed E-state index contributed by atoms with van der Waals surface area (Å²) >= 11 is 0. The molecule has 4 N–H and O–H groups in total. The molecule has 1 aromatic heterocycles. The molecule has 22 heavy (non-hydrogen) atoms. The van der Waals surface area contributed by atoms with Gasteiger partial charge in [-0.3, -0.25) is 10.1 Å². The number of nitrogens with one attached hydrogen (secondary N) is 3. The number of carbonyl (C=O) groups excluding carboxylic acids is 2. The molecule has 0 atom stereocenters. The number of hydrogen-bond donors (Lipinski definition) is 4. The van der Waals surface area contributed by atoms with Gasteiger partial charge in [-0.05, 0) is 5.56 Å². The van der Waals surface area contributed by atoms with Crippen molar-refractivity contribution < 1.29 is 14.7 Å². The zero-order valence-electron chi connectivity index (χ0n) is 11.7. The monoisotopic (exact) mass is 300 g/mol. The van der Waals surface area contributed by atoms with Gasteiger partial charge in [0.2, 0.25) is 17.7 Å². The lowest BCUT2D eigenvalue weighted by molar-refractivity contribution is -0.114. The predicted molar refractivity (Wildman–Crippen MR) is 80.0 cm³/mol. The minimum Gasteiger partial charge on any atom is -0.492 e. The maximum Gasteiger partial charge on any atom is 0.320 e. The second-order valence-electron chi connectivity index (χ2n) is 4.27. The molecule has 0 aliphatic carbocycles. The van der Waals surface area contributed by atoms with E-state index in [4.69, 9.17) is 0 Å². The third kappa shape index (κ3) is 4.44. The summed E-state index contributed by atoms with van der Waals surface area (Å²) in [6.45, 7) is 2.80. The van der Waals surface area contributed by atoms with Crippen molar-refractivity contribution in [2.24, 2.45) is 0 Å². The highest BCUT2D eigenvalue weighted by molar-refractivity contribution is 5.91. The van der Waals surface area contributed by atoms with Gasteiger partial charge < -0.3 is 15.7 Å². The van der Waals surface area contributed by atoms with Gasteiger partial charge in [-0.2, -0.15) is 4.98 Å².